The second-order valence-electron chi connectivity index (χ2n) is 3.97. The topological polar surface area (TPSA) is 66.5 Å². The lowest BCUT2D eigenvalue weighted by Gasteiger charge is -2.15. The lowest BCUT2D eigenvalue weighted by atomic mass is 10.0. The zero-order valence-electron chi connectivity index (χ0n) is 10.5. The highest BCUT2D eigenvalue weighted by Crippen LogP contribution is 2.18. The van der Waals surface area contributed by atoms with Crippen LogP contribution < -0.4 is 5.32 Å². The van der Waals surface area contributed by atoms with Gasteiger partial charge in [-0.1, -0.05) is 19.1 Å². The van der Waals surface area contributed by atoms with Crippen LogP contribution in [0.25, 0.3) is 5.69 Å². The van der Waals surface area contributed by atoms with Gasteiger partial charge in [-0.25, -0.2) is 9.67 Å². The molecule has 0 aliphatic heterocycles. The van der Waals surface area contributed by atoms with Gasteiger partial charge >= 0.3 is 0 Å². The van der Waals surface area contributed by atoms with E-state index in [4.69, 9.17) is 5.26 Å². The van der Waals surface area contributed by atoms with Crippen molar-refractivity contribution in [2.45, 2.75) is 19.4 Å². The first kappa shape index (κ1) is 12.3. The summed E-state index contributed by atoms with van der Waals surface area (Å²) in [4.78, 5) is 3.90. The number of hydrogen-bond donors (Lipinski definition) is 1. The van der Waals surface area contributed by atoms with Gasteiger partial charge in [-0.3, -0.25) is 0 Å². The molecule has 2 aromatic rings. The third kappa shape index (κ3) is 2.39. The van der Waals surface area contributed by atoms with E-state index in [0.29, 0.717) is 6.04 Å². The van der Waals surface area contributed by atoms with E-state index in [1.807, 2.05) is 25.2 Å². The van der Waals surface area contributed by atoms with Gasteiger partial charge in [0.25, 0.3) is 5.82 Å². The molecule has 5 heteroatoms. The predicted octanol–water partition coefficient (Wildman–Crippen LogP) is 1.81. The SMILES string of the molecule is CCC(NC)c1cccc(-n2cnc(C#N)n2)c1. The molecule has 1 aromatic heterocycles. The molecule has 1 N–H and O–H groups in total. The second-order valence-corrected chi connectivity index (χ2v) is 3.97. The van der Waals surface area contributed by atoms with E-state index < -0.39 is 0 Å². The summed E-state index contributed by atoms with van der Waals surface area (Å²) in [5, 5.41) is 16.1. The molecule has 1 heterocycles. The summed E-state index contributed by atoms with van der Waals surface area (Å²) in [6.45, 7) is 2.14. The highest BCUT2D eigenvalue weighted by molar-refractivity contribution is 5.36. The van der Waals surface area contributed by atoms with E-state index in [1.54, 1.807) is 11.0 Å². The maximum absolute atomic E-state index is 8.72. The van der Waals surface area contributed by atoms with Gasteiger partial charge in [0.1, 0.15) is 12.4 Å². The van der Waals surface area contributed by atoms with E-state index in [0.717, 1.165) is 12.1 Å². The predicted molar refractivity (Wildman–Crippen MR) is 68.2 cm³/mol. The van der Waals surface area contributed by atoms with Crippen molar-refractivity contribution < 1.29 is 0 Å². The standard InChI is InChI=1S/C13H15N5/c1-3-12(15-2)10-5-4-6-11(7-10)18-9-16-13(8-14)17-18/h4-7,9,12,15H,3H2,1-2H3. The number of rotatable bonds is 4. The van der Waals surface area contributed by atoms with Crippen molar-refractivity contribution in [3.05, 3.63) is 42.0 Å². The lowest BCUT2D eigenvalue weighted by molar-refractivity contribution is 0.576. The smallest absolute Gasteiger partial charge is 0.252 e. The summed E-state index contributed by atoms with van der Waals surface area (Å²) in [5.41, 5.74) is 2.11. The van der Waals surface area contributed by atoms with E-state index in [-0.39, 0.29) is 5.82 Å². The molecule has 0 fully saturated rings. The molecular weight excluding hydrogens is 226 g/mol. The Kier molecular flexibility index (Phi) is 3.70. The Morgan fingerprint density at radius 2 is 2.33 bits per heavy atom. The number of hydrogen-bond acceptors (Lipinski definition) is 4. The fourth-order valence-electron chi connectivity index (χ4n) is 1.93. The molecule has 0 bridgehead atoms. The van der Waals surface area contributed by atoms with E-state index >= 15 is 0 Å². The van der Waals surface area contributed by atoms with Crippen LogP contribution in [0.2, 0.25) is 0 Å². The van der Waals surface area contributed by atoms with Crippen LogP contribution in [0.15, 0.2) is 30.6 Å². The molecule has 5 nitrogen and oxygen atoms in total. The van der Waals surface area contributed by atoms with Crippen molar-refractivity contribution in [2.75, 3.05) is 7.05 Å². The zero-order valence-corrected chi connectivity index (χ0v) is 10.5. The van der Waals surface area contributed by atoms with Crippen LogP contribution in [0.4, 0.5) is 0 Å². The van der Waals surface area contributed by atoms with Gasteiger partial charge < -0.3 is 5.32 Å². The molecule has 0 aliphatic carbocycles. The molecule has 1 aromatic carbocycles. The molecule has 2 rings (SSSR count). The van der Waals surface area contributed by atoms with E-state index in [1.165, 1.54) is 5.56 Å². The van der Waals surface area contributed by atoms with Crippen LogP contribution in [0.3, 0.4) is 0 Å². The molecule has 0 radical (unpaired) electrons. The number of nitriles is 1. The van der Waals surface area contributed by atoms with Gasteiger partial charge in [0.15, 0.2) is 0 Å². The fraction of sp³-hybridized carbons (Fsp3) is 0.308. The molecule has 18 heavy (non-hydrogen) atoms. The van der Waals surface area contributed by atoms with E-state index in [2.05, 4.69) is 34.5 Å². The highest BCUT2D eigenvalue weighted by atomic mass is 15.3. The molecule has 0 saturated carbocycles. The first-order chi connectivity index (χ1) is 8.78. The Hall–Kier alpha value is -2.19. The number of nitrogens with zero attached hydrogens (tertiary/aromatic N) is 4. The van der Waals surface area contributed by atoms with Crippen molar-refractivity contribution in [3.8, 4) is 11.8 Å². The normalized spacial score (nSPS) is 12.1. The monoisotopic (exact) mass is 241 g/mol. The number of aromatic nitrogens is 3. The molecular formula is C13H15N5. The number of benzene rings is 1. The lowest BCUT2D eigenvalue weighted by Crippen LogP contribution is -2.15. The van der Waals surface area contributed by atoms with Crippen LogP contribution in [-0.2, 0) is 0 Å². The van der Waals surface area contributed by atoms with Crippen LogP contribution in [-0.4, -0.2) is 21.8 Å². The average molecular weight is 241 g/mol. The summed E-state index contributed by atoms with van der Waals surface area (Å²) in [5.74, 6) is 0.182. The molecule has 0 amide bonds. The quantitative estimate of drug-likeness (QED) is 0.886. The Morgan fingerprint density at radius 3 is 2.94 bits per heavy atom. The van der Waals surface area contributed by atoms with Gasteiger partial charge in [-0.15, -0.1) is 5.10 Å². The minimum atomic E-state index is 0.182. The summed E-state index contributed by atoms with van der Waals surface area (Å²) < 4.78 is 1.62. The van der Waals surface area contributed by atoms with Gasteiger partial charge in [0.2, 0.25) is 0 Å². The average Bonchev–Trinajstić information content (AvgIpc) is 2.89. The van der Waals surface area contributed by atoms with Crippen LogP contribution >= 0.6 is 0 Å². The largest absolute Gasteiger partial charge is 0.313 e. The zero-order chi connectivity index (χ0) is 13.0. The van der Waals surface area contributed by atoms with Crippen LogP contribution in [0.1, 0.15) is 30.8 Å². The third-order valence-corrected chi connectivity index (χ3v) is 2.89. The van der Waals surface area contributed by atoms with Crippen LogP contribution in [0.5, 0.6) is 0 Å². The van der Waals surface area contributed by atoms with Gasteiger partial charge in [0, 0.05) is 6.04 Å². The van der Waals surface area contributed by atoms with Gasteiger partial charge in [0.05, 0.1) is 5.69 Å². The molecule has 92 valence electrons. The maximum Gasteiger partial charge on any atom is 0.252 e. The molecule has 1 unspecified atom stereocenters. The fourth-order valence-corrected chi connectivity index (χ4v) is 1.93. The molecule has 0 aliphatic rings. The van der Waals surface area contributed by atoms with Crippen molar-refractivity contribution in [3.63, 3.8) is 0 Å². The summed E-state index contributed by atoms with van der Waals surface area (Å²) in [6.07, 6.45) is 2.57. The van der Waals surface area contributed by atoms with Crippen molar-refractivity contribution >= 4 is 0 Å². The highest BCUT2D eigenvalue weighted by Gasteiger charge is 2.08. The first-order valence-corrected chi connectivity index (χ1v) is 5.87. The Balaban J connectivity index is 2.35. The van der Waals surface area contributed by atoms with E-state index in [9.17, 15) is 0 Å². The molecule has 0 saturated heterocycles. The third-order valence-electron chi connectivity index (χ3n) is 2.89. The minimum Gasteiger partial charge on any atom is -0.313 e. The summed E-state index contributed by atoms with van der Waals surface area (Å²) in [6, 6.07) is 10.3. The maximum atomic E-state index is 8.72. The minimum absolute atomic E-state index is 0.182. The van der Waals surface area contributed by atoms with Crippen molar-refractivity contribution in [1.82, 2.24) is 20.1 Å². The summed E-state index contributed by atoms with van der Waals surface area (Å²) in [7, 11) is 1.95. The Labute approximate surface area is 106 Å². The number of nitrogens with one attached hydrogen (secondary N) is 1. The Bertz CT molecular complexity index is 563. The van der Waals surface area contributed by atoms with Crippen LogP contribution in [0, 0.1) is 11.3 Å². The summed E-state index contributed by atoms with van der Waals surface area (Å²) >= 11 is 0. The van der Waals surface area contributed by atoms with Gasteiger partial charge in [-0.05, 0) is 31.2 Å². The molecule has 0 spiro atoms. The first-order valence-electron chi connectivity index (χ1n) is 5.87. The van der Waals surface area contributed by atoms with Crippen molar-refractivity contribution in [2.24, 2.45) is 0 Å². The van der Waals surface area contributed by atoms with Crippen molar-refractivity contribution in [1.29, 1.82) is 5.26 Å². The van der Waals surface area contributed by atoms with Gasteiger partial charge in [-0.2, -0.15) is 5.26 Å². The molecule has 1 atom stereocenters. The Morgan fingerprint density at radius 1 is 1.50 bits per heavy atom. The second kappa shape index (κ2) is 5.43.